The molecule has 0 saturated carbocycles. The van der Waals surface area contributed by atoms with Gasteiger partial charge in [0.1, 0.15) is 6.61 Å². The highest BCUT2D eigenvalue weighted by atomic mass is 33.5. The number of amides is 1. The van der Waals surface area contributed by atoms with Crippen molar-refractivity contribution in [3.63, 3.8) is 0 Å². The largest absolute Gasteiger partial charge is 0.449 e. The average Bonchev–Trinajstić information content (AvgIpc) is 3.51. The summed E-state index contributed by atoms with van der Waals surface area (Å²) in [5.74, 6) is 0.0564. The zero-order chi connectivity index (χ0) is 36.5. The summed E-state index contributed by atoms with van der Waals surface area (Å²) in [5, 5.41) is 20.7. The number of hydrogen-bond acceptors (Lipinski definition) is 7. The second-order valence-electron chi connectivity index (χ2n) is 9.66. The number of nitrogens with one attached hydrogen (secondary N) is 1. The first-order chi connectivity index (χ1) is 25.0. The van der Waals surface area contributed by atoms with Crippen molar-refractivity contribution in [3.05, 3.63) is 130 Å². The molecular weight excluding hydrogens is 937 g/mol. The van der Waals surface area contributed by atoms with Crippen LogP contribution in [-0.4, -0.2) is 22.9 Å². The Hall–Kier alpha value is -0.890. The molecule has 5 N–H and O–H groups in total. The minimum Gasteiger partial charge on any atom is -0.449 e. The second-order valence-corrected chi connectivity index (χ2v) is 30.9. The number of rotatable bonds is 7. The van der Waals surface area contributed by atoms with Crippen molar-refractivity contribution in [1.82, 2.24) is 5.32 Å². The molecule has 0 unspecified atom stereocenters. The van der Waals surface area contributed by atoms with Crippen molar-refractivity contribution in [2.45, 2.75) is 47.1 Å². The quantitative estimate of drug-likeness (QED) is 0.178. The molecule has 0 spiro atoms. The van der Waals surface area contributed by atoms with Crippen LogP contribution in [0.25, 0.3) is 11.1 Å². The molecule has 0 aromatic heterocycles. The molecule has 0 atom stereocenters. The Bertz CT molecular complexity index is 2200. The van der Waals surface area contributed by atoms with Gasteiger partial charge in [0.15, 0.2) is 0 Å². The number of ether oxygens (including phenoxy) is 1. The van der Waals surface area contributed by atoms with Crippen molar-refractivity contribution in [2.24, 2.45) is 5.73 Å². The maximum atomic E-state index is 12.2. The molecule has 1 aliphatic carbocycles. The summed E-state index contributed by atoms with van der Waals surface area (Å²) >= 11 is 9.43. The standard InChI is InChI=1S/C23H21NO3.C8H11NO.2CH4.S14/c25-14-17-7-5-6-16(12-17)13-24-23(26)27-15-22-20-10-3-1-8-18(20)19-9-2-4-11-21(19)22;9-5-7-2-1-3-8(4-7)6-10;;;1-3-5-7-9-11-13-14-12-10-8-6-4-2/h1-12,22,25H,13-15H2,(H,24,26);1-4,10H,5-6,9H2;2*1H4;. The molecule has 0 heterocycles. The van der Waals surface area contributed by atoms with Gasteiger partial charge in [0.05, 0.1) is 13.2 Å². The van der Waals surface area contributed by atoms with Crippen LogP contribution >= 0.6 is 0 Å². The third kappa shape index (κ3) is 19.2. The number of aliphatic hydroxyl groups excluding tert-OH is 2. The van der Waals surface area contributed by atoms with Crippen molar-refractivity contribution in [3.8, 4) is 11.1 Å². The van der Waals surface area contributed by atoms with E-state index in [2.05, 4.69) is 29.6 Å². The normalized spacial score (nSPS) is 10.0. The Morgan fingerprint density at radius 2 is 1.04 bits per heavy atom. The molecule has 0 radical (unpaired) electrons. The van der Waals surface area contributed by atoms with Gasteiger partial charge < -0.3 is 26.0 Å². The number of carbonyl (C=O) groups excluding carboxylic acids is 1. The smallest absolute Gasteiger partial charge is 0.407 e. The Kier molecular flexibility index (Phi) is 29.5. The first-order valence-electron chi connectivity index (χ1n) is 14.5. The third-order valence-electron chi connectivity index (χ3n) is 6.67. The molecule has 290 valence electrons. The van der Waals surface area contributed by atoms with Gasteiger partial charge in [0, 0.05) is 148 Å². The molecule has 4 aromatic carbocycles. The van der Waals surface area contributed by atoms with Gasteiger partial charge >= 0.3 is 6.09 Å². The van der Waals surface area contributed by atoms with Crippen molar-refractivity contribution in [1.29, 1.82) is 0 Å². The van der Waals surface area contributed by atoms with Gasteiger partial charge in [-0.3, -0.25) is 0 Å². The van der Waals surface area contributed by atoms with Crippen molar-refractivity contribution in [2.75, 3.05) is 6.61 Å². The summed E-state index contributed by atoms with van der Waals surface area (Å²) in [4.78, 5) is 12.2. The van der Waals surface area contributed by atoms with E-state index in [0.29, 0.717) is 19.7 Å². The zero-order valence-electron chi connectivity index (χ0n) is 26.4. The first-order valence-corrected chi connectivity index (χ1v) is 31.8. The summed E-state index contributed by atoms with van der Waals surface area (Å²) in [6.45, 7) is 1.28. The molecule has 0 bridgehead atoms. The van der Waals surface area contributed by atoms with Crippen LogP contribution in [-0.2, 0) is 160 Å². The van der Waals surface area contributed by atoms with Crippen LogP contribution in [0.15, 0.2) is 97.1 Å². The van der Waals surface area contributed by atoms with Crippen molar-refractivity contribution < 1.29 is 19.7 Å². The highest BCUT2D eigenvalue weighted by Gasteiger charge is 2.28. The predicted molar refractivity (Wildman–Crippen MR) is 261 cm³/mol. The lowest BCUT2D eigenvalue weighted by atomic mass is 9.98. The van der Waals surface area contributed by atoms with E-state index in [4.69, 9.17) is 38.0 Å². The van der Waals surface area contributed by atoms with E-state index in [9.17, 15) is 9.90 Å². The minimum atomic E-state index is -0.439. The van der Waals surface area contributed by atoms with E-state index < -0.39 is 6.09 Å². The number of fused-ring (bicyclic) bond motifs is 3. The van der Waals surface area contributed by atoms with E-state index in [0.717, 1.165) is 22.3 Å². The molecule has 0 aliphatic heterocycles. The topological polar surface area (TPSA) is 105 Å². The first kappa shape index (κ1) is 50.1. The monoisotopic (exact) mass is 976 g/mol. The Balaban J connectivity index is 0.000000456. The number of alkyl carbamates (subject to hydrolysis) is 1. The minimum absolute atomic E-state index is 0. The van der Waals surface area contributed by atoms with Crippen LogP contribution in [0, 0.1) is 0 Å². The average molecular weight is 978 g/mol. The molecule has 53 heavy (non-hydrogen) atoms. The van der Waals surface area contributed by atoms with E-state index in [1.807, 2.05) is 72.8 Å². The molecule has 4 aromatic rings. The van der Waals surface area contributed by atoms with E-state index >= 15 is 0 Å². The van der Waals surface area contributed by atoms with Crippen LogP contribution in [0.4, 0.5) is 4.79 Å². The molecule has 5 rings (SSSR count). The fourth-order valence-electron chi connectivity index (χ4n) is 4.63. The van der Waals surface area contributed by atoms with Gasteiger partial charge in [-0.1, -0.05) is 112 Å². The molecule has 6 nitrogen and oxygen atoms in total. The summed E-state index contributed by atoms with van der Waals surface area (Å²) in [6.07, 6.45) is -0.439. The van der Waals surface area contributed by atoms with Crippen LogP contribution < -0.4 is 11.1 Å². The zero-order valence-corrected chi connectivity index (χ0v) is 37.8. The second kappa shape index (κ2) is 31.2. The SMILES string of the molecule is C.C.NCc1cccc(CO)c1.O=C(NCc1cccc(CO)c1)OCC1c2ccccc2-c2ccccc21.S=S=S=S=S=S=S=S=S=S=S=S=S=S. The van der Waals surface area contributed by atoms with Crippen LogP contribution in [0.2, 0.25) is 0 Å². The van der Waals surface area contributed by atoms with E-state index in [1.54, 1.807) is 88.8 Å². The van der Waals surface area contributed by atoms with Gasteiger partial charge in [0.2, 0.25) is 0 Å². The number of nitrogens with two attached hydrogens (primary N) is 1. The number of benzene rings is 4. The Morgan fingerprint density at radius 1 is 0.623 bits per heavy atom. The molecule has 0 saturated heterocycles. The predicted octanol–water partition coefficient (Wildman–Crippen LogP) is 6.09. The Labute approximate surface area is 356 Å². The Morgan fingerprint density at radius 3 is 1.49 bits per heavy atom. The molecule has 0 fully saturated rings. The van der Waals surface area contributed by atoms with Crippen LogP contribution in [0.1, 0.15) is 54.2 Å². The highest BCUT2D eigenvalue weighted by molar-refractivity contribution is 8.76. The highest BCUT2D eigenvalue weighted by Crippen LogP contribution is 2.44. The third-order valence-corrected chi connectivity index (χ3v) is 31.1. The van der Waals surface area contributed by atoms with Gasteiger partial charge in [-0.25, -0.2) is 4.79 Å². The lowest BCUT2D eigenvalue weighted by molar-refractivity contribution is 0.142. The van der Waals surface area contributed by atoms with Crippen LogP contribution in [0.5, 0.6) is 0 Å². The number of hydrogen-bond donors (Lipinski definition) is 4. The molecule has 20 heteroatoms. The summed E-state index contributed by atoms with van der Waals surface area (Å²) in [6, 6.07) is 31.6. The van der Waals surface area contributed by atoms with Crippen LogP contribution in [0.3, 0.4) is 0 Å². The summed E-state index contributed by atoms with van der Waals surface area (Å²) < 4.78 is 5.52. The van der Waals surface area contributed by atoms with Gasteiger partial charge in [-0.05, 0) is 44.5 Å². The molecule has 1 aliphatic rings. The van der Waals surface area contributed by atoms with E-state index in [1.165, 1.54) is 40.0 Å². The maximum Gasteiger partial charge on any atom is 0.407 e. The van der Waals surface area contributed by atoms with Gasteiger partial charge in [-0.15, -0.1) is 0 Å². The lowest BCUT2D eigenvalue weighted by Gasteiger charge is -2.14. The van der Waals surface area contributed by atoms with Gasteiger partial charge in [-0.2, -0.15) is 0 Å². The summed E-state index contributed by atoms with van der Waals surface area (Å²) in [5.41, 5.74) is 13.9. The van der Waals surface area contributed by atoms with Gasteiger partial charge in [0.25, 0.3) is 0 Å². The number of aliphatic hydroxyl groups is 2. The van der Waals surface area contributed by atoms with Crippen molar-refractivity contribution >= 4 is 135 Å². The maximum absolute atomic E-state index is 12.2. The summed E-state index contributed by atoms with van der Waals surface area (Å²) in [7, 11) is 19.9. The fourth-order valence-corrected chi connectivity index (χ4v) is 32.1. The molecule has 1 amide bonds. The molecular formula is C33H40N2O4S14. The van der Waals surface area contributed by atoms with E-state index in [-0.39, 0.29) is 34.0 Å². The number of carbonyl (C=O) groups is 1. The fraction of sp³-hybridized carbons (Fsp3) is 0.242. The lowest BCUT2D eigenvalue weighted by Crippen LogP contribution is -2.25.